The topological polar surface area (TPSA) is 47.6 Å². The van der Waals surface area contributed by atoms with E-state index in [4.69, 9.17) is 49.1 Å². The van der Waals surface area contributed by atoms with E-state index in [0.717, 1.165) is 0 Å². The summed E-state index contributed by atoms with van der Waals surface area (Å²) in [4.78, 5) is 0. The summed E-state index contributed by atoms with van der Waals surface area (Å²) in [5.41, 5.74) is 14.6. The molecule has 0 bridgehead atoms. The third-order valence-electron chi connectivity index (χ3n) is 2.41. The predicted molar refractivity (Wildman–Crippen MR) is 66.4 cm³/mol. The summed E-state index contributed by atoms with van der Waals surface area (Å²) in [6.07, 6.45) is 3.83. The van der Waals surface area contributed by atoms with Crippen molar-refractivity contribution in [2.75, 3.05) is 12.3 Å². The van der Waals surface area contributed by atoms with E-state index in [-0.39, 0.29) is 0 Å². The number of hydrogen-bond acceptors (Lipinski definition) is 0. The van der Waals surface area contributed by atoms with Gasteiger partial charge in [-0.05, 0) is 0 Å². The molecule has 1 rings (SSSR count). The number of halogens is 4. The Bertz CT molecular complexity index is 148. The van der Waals surface area contributed by atoms with Crippen LogP contribution in [0.1, 0.15) is 12.8 Å². The van der Waals surface area contributed by atoms with Crippen LogP contribution < -0.4 is 0 Å². The molecule has 0 aromatic carbocycles. The predicted octanol–water partition coefficient (Wildman–Crippen LogP) is 5.17. The molecule has 14 heavy (non-hydrogen) atoms. The molecule has 0 aliphatic carbocycles. The first-order chi connectivity index (χ1) is 6.33. The SMILES string of the molecule is [Cl][Pt+2]([Cl])([Cl])[Cl].[NH-]C[Si]1(C[NH-])CCCC1. The Hall–Kier alpha value is 1.99. The summed E-state index contributed by atoms with van der Waals surface area (Å²) in [6.45, 7) is 0. The molecule has 0 aromatic heterocycles. The van der Waals surface area contributed by atoms with Gasteiger partial charge in [0.25, 0.3) is 0 Å². The van der Waals surface area contributed by atoms with Gasteiger partial charge in [0.15, 0.2) is 0 Å². The van der Waals surface area contributed by atoms with E-state index in [1.165, 1.54) is 24.9 Å². The van der Waals surface area contributed by atoms with Gasteiger partial charge in [-0.25, -0.2) is 0 Å². The van der Waals surface area contributed by atoms with E-state index in [1.807, 2.05) is 0 Å². The van der Waals surface area contributed by atoms with E-state index in [0.29, 0.717) is 12.3 Å². The Morgan fingerprint density at radius 2 is 1.21 bits per heavy atom. The van der Waals surface area contributed by atoms with Crippen LogP contribution in [-0.2, 0) is 11.9 Å². The summed E-state index contributed by atoms with van der Waals surface area (Å²) >= 11 is -3.06. The van der Waals surface area contributed by atoms with Gasteiger partial charge in [0.2, 0.25) is 0 Å². The minimum absolute atomic E-state index is 0.608. The van der Waals surface area contributed by atoms with Gasteiger partial charge in [0, 0.05) is 8.07 Å². The van der Waals surface area contributed by atoms with Crippen LogP contribution in [-0.4, -0.2) is 20.4 Å². The van der Waals surface area contributed by atoms with E-state index in [9.17, 15) is 0 Å². The second-order valence-electron chi connectivity index (χ2n) is 3.33. The average molecular weight is 479 g/mol. The smallest absolute Gasteiger partial charge is 0.0123 e. The van der Waals surface area contributed by atoms with Crippen LogP contribution in [0.2, 0.25) is 12.1 Å². The van der Waals surface area contributed by atoms with Crippen molar-refractivity contribution in [1.82, 2.24) is 0 Å². The quantitative estimate of drug-likeness (QED) is 0.492. The van der Waals surface area contributed by atoms with Crippen LogP contribution in [0.5, 0.6) is 0 Å². The van der Waals surface area contributed by atoms with Crippen molar-refractivity contribution < 1.29 is 11.9 Å². The van der Waals surface area contributed by atoms with E-state index >= 15 is 0 Å². The Balaban J connectivity index is 0.000000292. The second kappa shape index (κ2) is 7.34. The monoisotopic (exact) mass is 477 g/mol. The van der Waals surface area contributed by atoms with Gasteiger partial charge in [-0.3, -0.25) is 0 Å². The maximum atomic E-state index is 7.29. The van der Waals surface area contributed by atoms with Crippen LogP contribution in [0.25, 0.3) is 11.5 Å². The molecule has 0 spiro atoms. The van der Waals surface area contributed by atoms with Crippen molar-refractivity contribution >= 4 is 45.7 Å². The first-order valence-electron chi connectivity index (χ1n) is 4.10. The molecule has 2 N–H and O–H groups in total. The van der Waals surface area contributed by atoms with Gasteiger partial charge in [-0.15, -0.1) is 0 Å². The van der Waals surface area contributed by atoms with Crippen molar-refractivity contribution in [2.24, 2.45) is 0 Å². The number of hydrogen-bond donors (Lipinski definition) is 0. The van der Waals surface area contributed by atoms with Crippen molar-refractivity contribution in [3.8, 4) is 0 Å². The Kier molecular flexibility index (Phi) is 8.38. The third-order valence-corrected chi connectivity index (χ3v) is 6.74. The van der Waals surface area contributed by atoms with Gasteiger partial charge in [0.1, 0.15) is 0 Å². The van der Waals surface area contributed by atoms with Gasteiger partial charge >= 0.3 is 49.6 Å². The molecule has 1 fully saturated rings. The molecule has 90 valence electrons. The number of rotatable bonds is 2. The molecule has 0 atom stereocenters. The summed E-state index contributed by atoms with van der Waals surface area (Å²) in [6, 6.07) is 2.53. The first kappa shape index (κ1) is 16.0. The second-order valence-corrected chi connectivity index (χ2v) is 27.7. The molecule has 1 aliphatic heterocycles. The molecular weight excluding hydrogens is 465 g/mol. The van der Waals surface area contributed by atoms with Crippen LogP contribution in [0.3, 0.4) is 0 Å². The first-order valence-corrected chi connectivity index (χ1v) is 18.2. The molecule has 2 nitrogen and oxygen atoms in total. The minimum atomic E-state index is -3.06. The molecule has 0 unspecified atom stereocenters. The molecular formula is C6H14Cl4N2PtSi. The molecule has 8 heteroatoms. The van der Waals surface area contributed by atoms with Gasteiger partial charge in [0.05, 0.1) is 0 Å². The zero-order valence-corrected chi connectivity index (χ0v) is 13.9. The third kappa shape index (κ3) is 8.17. The standard InChI is InChI=1S/C6H14N2Si.4ClH.Pt/c7-5-9(6-8)3-1-2-4-9;;;;;/h7-8H,1-6H2;4*1H;/q-2;;;;;+6/p-4. The van der Waals surface area contributed by atoms with Gasteiger partial charge < -0.3 is 11.5 Å². The molecule has 1 aliphatic rings. The van der Waals surface area contributed by atoms with Gasteiger partial charge in [-0.2, -0.15) is 12.3 Å². The van der Waals surface area contributed by atoms with E-state index in [1.54, 1.807) is 0 Å². The number of nitrogens with one attached hydrogen (secondary N) is 2. The maximum absolute atomic E-state index is 7.29. The Morgan fingerprint density at radius 1 is 0.929 bits per heavy atom. The van der Waals surface area contributed by atoms with Crippen molar-refractivity contribution in [1.29, 1.82) is 0 Å². The zero-order chi connectivity index (χ0) is 11.2. The zero-order valence-electron chi connectivity index (χ0n) is 7.57. The Labute approximate surface area is 105 Å². The molecule has 1 saturated heterocycles. The molecule has 0 radical (unpaired) electrons. The largest absolute Gasteiger partial charge is 0.680 e. The van der Waals surface area contributed by atoms with E-state index < -0.39 is 20.0 Å². The average Bonchev–Trinajstić information content (AvgIpc) is 2.50. The van der Waals surface area contributed by atoms with Crippen LogP contribution in [0.4, 0.5) is 0 Å². The Morgan fingerprint density at radius 3 is 1.36 bits per heavy atom. The van der Waals surface area contributed by atoms with Crippen molar-refractivity contribution in [3.05, 3.63) is 11.5 Å². The van der Waals surface area contributed by atoms with Crippen LogP contribution >= 0.6 is 37.7 Å². The summed E-state index contributed by atoms with van der Waals surface area (Å²) in [5.74, 6) is 0. The maximum Gasteiger partial charge on any atom is 0.0123 e. The molecule has 0 aromatic rings. The van der Waals surface area contributed by atoms with Crippen LogP contribution in [0, 0.1) is 0 Å². The fourth-order valence-electron chi connectivity index (χ4n) is 1.54. The fourth-order valence-corrected chi connectivity index (χ4v) is 4.62. The van der Waals surface area contributed by atoms with Crippen LogP contribution in [0.15, 0.2) is 0 Å². The van der Waals surface area contributed by atoms with Crippen molar-refractivity contribution in [3.63, 3.8) is 0 Å². The minimum Gasteiger partial charge on any atom is -0.680 e. The summed E-state index contributed by atoms with van der Waals surface area (Å²) in [7, 11) is 18.8. The summed E-state index contributed by atoms with van der Waals surface area (Å²) in [5, 5.41) is 0. The van der Waals surface area contributed by atoms with E-state index in [2.05, 4.69) is 0 Å². The molecule has 0 amide bonds. The van der Waals surface area contributed by atoms with Crippen molar-refractivity contribution in [2.45, 2.75) is 24.9 Å². The molecule has 1 heterocycles. The van der Waals surface area contributed by atoms with Gasteiger partial charge in [-0.1, -0.05) is 24.9 Å². The summed E-state index contributed by atoms with van der Waals surface area (Å²) < 4.78 is 0. The normalized spacial score (nSPS) is 21.3. The molecule has 0 saturated carbocycles. The fraction of sp³-hybridized carbons (Fsp3) is 1.00.